The number of rotatable bonds is 10. The number of hydrogen-bond acceptors (Lipinski definition) is 4. The molecule has 1 amide bonds. The van der Waals surface area contributed by atoms with Gasteiger partial charge in [-0.15, -0.1) is 0 Å². The van der Waals surface area contributed by atoms with E-state index in [0.717, 1.165) is 22.6 Å². The highest BCUT2D eigenvalue weighted by Crippen LogP contribution is 2.28. The van der Waals surface area contributed by atoms with Crippen LogP contribution in [-0.4, -0.2) is 32.3 Å². The van der Waals surface area contributed by atoms with Crippen LogP contribution in [0, 0.1) is 13.8 Å². The normalized spacial score (nSPS) is 10.4. The second-order valence-electron chi connectivity index (χ2n) is 6.28. The number of hydrogen-bond donors (Lipinski definition) is 1. The van der Waals surface area contributed by atoms with Gasteiger partial charge in [-0.1, -0.05) is 12.1 Å². The lowest BCUT2D eigenvalue weighted by atomic mass is 10.1. The van der Waals surface area contributed by atoms with Crippen LogP contribution in [0.2, 0.25) is 0 Å². The Morgan fingerprint density at radius 2 is 1.63 bits per heavy atom. The van der Waals surface area contributed by atoms with E-state index in [2.05, 4.69) is 5.32 Å². The van der Waals surface area contributed by atoms with Crippen molar-refractivity contribution < 1.29 is 19.0 Å². The molecule has 0 bridgehead atoms. The zero-order valence-electron chi connectivity index (χ0n) is 16.6. The number of carbonyl (C=O) groups is 1. The van der Waals surface area contributed by atoms with Crippen molar-refractivity contribution in [1.29, 1.82) is 0 Å². The molecule has 2 rings (SSSR count). The van der Waals surface area contributed by atoms with Crippen molar-refractivity contribution >= 4 is 5.91 Å². The average molecular weight is 371 g/mol. The van der Waals surface area contributed by atoms with Crippen molar-refractivity contribution in [3.8, 4) is 17.2 Å². The lowest BCUT2D eigenvalue weighted by Crippen LogP contribution is -2.30. The van der Waals surface area contributed by atoms with Gasteiger partial charge in [0, 0.05) is 6.54 Å². The van der Waals surface area contributed by atoms with Gasteiger partial charge >= 0.3 is 0 Å². The summed E-state index contributed by atoms with van der Waals surface area (Å²) < 4.78 is 16.7. The van der Waals surface area contributed by atoms with Crippen LogP contribution in [-0.2, 0) is 11.2 Å². The van der Waals surface area contributed by atoms with E-state index in [1.807, 2.05) is 64.1 Å². The first-order valence-corrected chi connectivity index (χ1v) is 9.38. The molecule has 2 aromatic carbocycles. The number of aryl methyl sites for hydroxylation is 2. The molecule has 146 valence electrons. The maximum absolute atomic E-state index is 12.0. The van der Waals surface area contributed by atoms with Crippen LogP contribution in [0.4, 0.5) is 0 Å². The molecule has 0 saturated heterocycles. The third kappa shape index (κ3) is 6.51. The third-order valence-corrected chi connectivity index (χ3v) is 4.19. The van der Waals surface area contributed by atoms with Crippen molar-refractivity contribution in [2.75, 3.05) is 26.4 Å². The van der Waals surface area contributed by atoms with Gasteiger partial charge in [-0.2, -0.15) is 0 Å². The fourth-order valence-electron chi connectivity index (χ4n) is 2.60. The fourth-order valence-corrected chi connectivity index (χ4v) is 2.60. The monoisotopic (exact) mass is 371 g/mol. The summed E-state index contributed by atoms with van der Waals surface area (Å²) in [6.07, 6.45) is 0.710. The van der Waals surface area contributed by atoms with E-state index in [-0.39, 0.29) is 12.5 Å². The van der Waals surface area contributed by atoms with Crippen molar-refractivity contribution in [2.24, 2.45) is 0 Å². The molecule has 5 nitrogen and oxygen atoms in total. The number of benzene rings is 2. The molecular formula is C22H29NO4. The Morgan fingerprint density at radius 3 is 2.33 bits per heavy atom. The van der Waals surface area contributed by atoms with Crippen LogP contribution < -0.4 is 19.5 Å². The van der Waals surface area contributed by atoms with Gasteiger partial charge in [0.05, 0.1) is 13.2 Å². The largest absolute Gasteiger partial charge is 0.490 e. The molecular weight excluding hydrogens is 342 g/mol. The number of carbonyl (C=O) groups excluding carboxylic acids is 1. The van der Waals surface area contributed by atoms with Gasteiger partial charge in [-0.25, -0.2) is 0 Å². The van der Waals surface area contributed by atoms with E-state index < -0.39 is 0 Å². The number of amides is 1. The second kappa shape index (κ2) is 10.5. The molecule has 0 heterocycles. The summed E-state index contributed by atoms with van der Waals surface area (Å²) in [5.41, 5.74) is 3.43. The van der Waals surface area contributed by atoms with Crippen LogP contribution in [0.15, 0.2) is 36.4 Å². The van der Waals surface area contributed by atoms with Crippen LogP contribution in [0.1, 0.15) is 30.5 Å². The summed E-state index contributed by atoms with van der Waals surface area (Å²) >= 11 is 0. The number of ether oxygens (including phenoxy) is 3. The van der Waals surface area contributed by atoms with Crippen LogP contribution in [0.25, 0.3) is 0 Å². The Labute approximate surface area is 161 Å². The molecule has 0 atom stereocenters. The van der Waals surface area contributed by atoms with Crippen LogP contribution in [0.5, 0.6) is 17.2 Å². The summed E-state index contributed by atoms with van der Waals surface area (Å²) in [5.74, 6) is 2.06. The van der Waals surface area contributed by atoms with Crippen LogP contribution >= 0.6 is 0 Å². The minimum Gasteiger partial charge on any atom is -0.490 e. The van der Waals surface area contributed by atoms with Gasteiger partial charge in [0.1, 0.15) is 5.75 Å². The second-order valence-corrected chi connectivity index (χ2v) is 6.28. The SMILES string of the molecule is CCOc1ccc(CCNC(=O)COc2ccc(C)c(C)c2)cc1OCC. The summed E-state index contributed by atoms with van der Waals surface area (Å²) in [4.78, 5) is 12.0. The van der Waals surface area contributed by atoms with Gasteiger partial charge < -0.3 is 19.5 Å². The van der Waals surface area contributed by atoms with Crippen molar-refractivity contribution in [2.45, 2.75) is 34.1 Å². The minimum atomic E-state index is -0.135. The molecule has 1 N–H and O–H groups in total. The minimum absolute atomic E-state index is 0.00990. The summed E-state index contributed by atoms with van der Waals surface area (Å²) in [6.45, 7) is 9.67. The molecule has 5 heteroatoms. The number of nitrogens with one attached hydrogen (secondary N) is 1. The predicted octanol–water partition coefficient (Wildman–Crippen LogP) is 3.84. The Bertz CT molecular complexity index is 758. The van der Waals surface area contributed by atoms with Gasteiger partial charge in [0.15, 0.2) is 18.1 Å². The van der Waals surface area contributed by atoms with Gasteiger partial charge in [0.2, 0.25) is 0 Å². The van der Waals surface area contributed by atoms with E-state index in [4.69, 9.17) is 14.2 Å². The first-order valence-electron chi connectivity index (χ1n) is 9.38. The fraction of sp³-hybridized carbons (Fsp3) is 0.409. The Hall–Kier alpha value is -2.69. The van der Waals surface area contributed by atoms with E-state index in [0.29, 0.717) is 31.9 Å². The molecule has 0 unspecified atom stereocenters. The van der Waals surface area contributed by atoms with Gasteiger partial charge in [0.25, 0.3) is 5.91 Å². The van der Waals surface area contributed by atoms with Gasteiger partial charge in [-0.3, -0.25) is 4.79 Å². The Morgan fingerprint density at radius 1 is 0.889 bits per heavy atom. The highest BCUT2D eigenvalue weighted by Gasteiger charge is 2.07. The van der Waals surface area contributed by atoms with E-state index >= 15 is 0 Å². The lowest BCUT2D eigenvalue weighted by molar-refractivity contribution is -0.123. The zero-order valence-corrected chi connectivity index (χ0v) is 16.6. The molecule has 0 spiro atoms. The van der Waals surface area contributed by atoms with Gasteiger partial charge in [-0.05, 0) is 75.1 Å². The average Bonchev–Trinajstić information content (AvgIpc) is 2.65. The van der Waals surface area contributed by atoms with Crippen molar-refractivity contribution in [3.05, 3.63) is 53.1 Å². The Kier molecular flexibility index (Phi) is 7.99. The maximum Gasteiger partial charge on any atom is 0.257 e. The topological polar surface area (TPSA) is 56.8 Å². The van der Waals surface area contributed by atoms with E-state index in [9.17, 15) is 4.79 Å². The zero-order chi connectivity index (χ0) is 19.6. The van der Waals surface area contributed by atoms with E-state index in [1.54, 1.807) is 0 Å². The van der Waals surface area contributed by atoms with Crippen molar-refractivity contribution in [1.82, 2.24) is 5.32 Å². The molecule has 0 aromatic heterocycles. The quantitative estimate of drug-likeness (QED) is 0.689. The summed E-state index contributed by atoms with van der Waals surface area (Å²) in [6, 6.07) is 11.7. The molecule has 27 heavy (non-hydrogen) atoms. The first kappa shape index (κ1) is 20.6. The third-order valence-electron chi connectivity index (χ3n) is 4.19. The molecule has 0 aliphatic carbocycles. The summed E-state index contributed by atoms with van der Waals surface area (Å²) in [5, 5.41) is 2.88. The highest BCUT2D eigenvalue weighted by molar-refractivity contribution is 5.77. The molecule has 0 fully saturated rings. The molecule has 0 aliphatic rings. The standard InChI is InChI=1S/C22H29NO4/c1-5-25-20-10-8-18(14-21(20)26-6-2)11-12-23-22(24)15-27-19-9-7-16(3)17(4)13-19/h7-10,13-14H,5-6,11-12,15H2,1-4H3,(H,23,24). The lowest BCUT2D eigenvalue weighted by Gasteiger charge is -2.13. The molecule has 2 aromatic rings. The molecule has 0 radical (unpaired) electrons. The molecule has 0 aliphatic heterocycles. The smallest absolute Gasteiger partial charge is 0.257 e. The highest BCUT2D eigenvalue weighted by atomic mass is 16.5. The first-order chi connectivity index (χ1) is 13.0. The predicted molar refractivity (Wildman–Crippen MR) is 107 cm³/mol. The Balaban J connectivity index is 1.80. The molecule has 0 saturated carbocycles. The van der Waals surface area contributed by atoms with Crippen molar-refractivity contribution in [3.63, 3.8) is 0 Å². The van der Waals surface area contributed by atoms with Crippen LogP contribution in [0.3, 0.4) is 0 Å². The maximum atomic E-state index is 12.0. The van der Waals surface area contributed by atoms with E-state index in [1.165, 1.54) is 5.56 Å². The summed E-state index contributed by atoms with van der Waals surface area (Å²) in [7, 11) is 0.